The minimum Gasteiger partial charge on any atom is -0.307 e. The van der Waals surface area contributed by atoms with E-state index >= 15 is 0 Å². The van der Waals surface area contributed by atoms with Crippen molar-refractivity contribution in [2.24, 2.45) is 0 Å². The summed E-state index contributed by atoms with van der Waals surface area (Å²) in [5.74, 6) is 0.361. The van der Waals surface area contributed by atoms with Gasteiger partial charge in [0.15, 0.2) is 0 Å². The molecule has 2 aromatic rings. The summed E-state index contributed by atoms with van der Waals surface area (Å²) in [5.41, 5.74) is 2.12. The van der Waals surface area contributed by atoms with Crippen molar-refractivity contribution in [2.75, 3.05) is 7.05 Å². The van der Waals surface area contributed by atoms with Gasteiger partial charge in [0.05, 0.1) is 28.5 Å². The van der Waals surface area contributed by atoms with Gasteiger partial charge in [-0.25, -0.2) is 4.68 Å². The molecule has 104 valence electrons. The molecule has 0 bridgehead atoms. The highest BCUT2D eigenvalue weighted by atomic mass is 32.1. The second-order valence-electron chi connectivity index (χ2n) is 4.78. The van der Waals surface area contributed by atoms with E-state index in [1.807, 2.05) is 17.9 Å². The first-order valence-corrected chi connectivity index (χ1v) is 7.34. The summed E-state index contributed by atoms with van der Waals surface area (Å²) < 4.78 is 6.05. The summed E-state index contributed by atoms with van der Waals surface area (Å²) in [6, 6.07) is 0.0546. The lowest BCUT2D eigenvalue weighted by molar-refractivity contribution is 0.523. The minimum absolute atomic E-state index is 0.0546. The number of aromatic nitrogens is 5. The molecule has 0 amide bonds. The third-order valence-electron chi connectivity index (χ3n) is 3.02. The number of nitrogens with zero attached hydrogens (tertiary/aromatic N) is 5. The standard InChI is InChI=1S/C12H20N6S/c1-5-6-18-9(7-14-16-18)11(13-4)12-10(8(2)3)15-17-19-12/h7-8,11,13H,5-6H2,1-4H3. The predicted molar refractivity (Wildman–Crippen MR) is 75.2 cm³/mol. The molecule has 2 aromatic heterocycles. The van der Waals surface area contributed by atoms with Gasteiger partial charge in [-0.3, -0.25) is 0 Å². The molecule has 1 atom stereocenters. The Bertz CT molecular complexity index is 518. The van der Waals surface area contributed by atoms with Crippen LogP contribution in [0.25, 0.3) is 0 Å². The van der Waals surface area contributed by atoms with Crippen LogP contribution in [0, 0.1) is 0 Å². The molecular formula is C12H20N6S. The summed E-state index contributed by atoms with van der Waals surface area (Å²) >= 11 is 1.44. The van der Waals surface area contributed by atoms with Gasteiger partial charge < -0.3 is 5.32 Å². The van der Waals surface area contributed by atoms with Gasteiger partial charge in [-0.05, 0) is 30.9 Å². The summed E-state index contributed by atoms with van der Waals surface area (Å²) in [6.07, 6.45) is 2.85. The van der Waals surface area contributed by atoms with Gasteiger partial charge in [-0.2, -0.15) is 0 Å². The Hall–Kier alpha value is -1.34. The summed E-state index contributed by atoms with van der Waals surface area (Å²) in [5, 5.41) is 15.8. The highest BCUT2D eigenvalue weighted by molar-refractivity contribution is 7.05. The van der Waals surface area contributed by atoms with E-state index < -0.39 is 0 Å². The maximum atomic E-state index is 4.25. The van der Waals surface area contributed by atoms with E-state index in [2.05, 4.69) is 46.0 Å². The molecule has 1 unspecified atom stereocenters. The zero-order chi connectivity index (χ0) is 13.8. The summed E-state index contributed by atoms with van der Waals surface area (Å²) in [7, 11) is 1.94. The third-order valence-corrected chi connectivity index (χ3v) is 3.82. The maximum absolute atomic E-state index is 4.25. The van der Waals surface area contributed by atoms with Crippen molar-refractivity contribution >= 4 is 11.5 Å². The zero-order valence-electron chi connectivity index (χ0n) is 11.8. The van der Waals surface area contributed by atoms with Crippen molar-refractivity contribution in [3.8, 4) is 0 Å². The molecule has 0 saturated carbocycles. The smallest absolute Gasteiger partial charge is 0.0891 e. The molecule has 6 nitrogen and oxygen atoms in total. The van der Waals surface area contributed by atoms with Gasteiger partial charge in [-0.1, -0.05) is 30.5 Å². The average Bonchev–Trinajstić information content (AvgIpc) is 3.01. The highest BCUT2D eigenvalue weighted by Gasteiger charge is 2.24. The van der Waals surface area contributed by atoms with Gasteiger partial charge in [0.2, 0.25) is 0 Å². The zero-order valence-corrected chi connectivity index (χ0v) is 12.6. The summed E-state index contributed by atoms with van der Waals surface area (Å²) in [6.45, 7) is 7.27. The summed E-state index contributed by atoms with van der Waals surface area (Å²) in [4.78, 5) is 1.15. The van der Waals surface area contributed by atoms with Gasteiger partial charge in [0, 0.05) is 6.54 Å². The molecule has 19 heavy (non-hydrogen) atoms. The fraction of sp³-hybridized carbons (Fsp3) is 0.667. The van der Waals surface area contributed by atoms with Gasteiger partial charge in [-0.15, -0.1) is 10.2 Å². The highest BCUT2D eigenvalue weighted by Crippen LogP contribution is 2.30. The minimum atomic E-state index is 0.0546. The quantitative estimate of drug-likeness (QED) is 0.876. The molecule has 0 fully saturated rings. The van der Waals surface area contributed by atoms with E-state index in [0.29, 0.717) is 5.92 Å². The molecule has 1 N–H and O–H groups in total. The Morgan fingerprint density at radius 2 is 2.21 bits per heavy atom. The van der Waals surface area contributed by atoms with Crippen LogP contribution < -0.4 is 5.32 Å². The SMILES string of the molecule is CCCn1nncc1C(NC)c1snnc1C(C)C. The van der Waals surface area contributed by atoms with E-state index in [1.165, 1.54) is 11.5 Å². The van der Waals surface area contributed by atoms with E-state index in [9.17, 15) is 0 Å². The fourth-order valence-electron chi connectivity index (χ4n) is 2.09. The van der Waals surface area contributed by atoms with Gasteiger partial charge in [0.1, 0.15) is 0 Å². The maximum Gasteiger partial charge on any atom is 0.0891 e. The Morgan fingerprint density at radius 3 is 2.84 bits per heavy atom. The van der Waals surface area contributed by atoms with Crippen LogP contribution in [0.4, 0.5) is 0 Å². The second kappa shape index (κ2) is 6.21. The van der Waals surface area contributed by atoms with E-state index in [-0.39, 0.29) is 6.04 Å². The van der Waals surface area contributed by atoms with Gasteiger partial charge in [0.25, 0.3) is 0 Å². The molecule has 0 aliphatic carbocycles. The molecule has 7 heteroatoms. The molecule has 0 aromatic carbocycles. The van der Waals surface area contributed by atoms with Crippen LogP contribution in [0.1, 0.15) is 55.4 Å². The molecule has 0 spiro atoms. The molecule has 0 saturated heterocycles. The van der Waals surface area contributed by atoms with E-state index in [0.717, 1.165) is 29.2 Å². The molecule has 2 heterocycles. The number of aryl methyl sites for hydroxylation is 1. The number of nitrogens with one attached hydrogen (secondary N) is 1. The Balaban J connectivity index is 2.38. The van der Waals surface area contributed by atoms with E-state index in [1.54, 1.807) is 0 Å². The number of hydrogen-bond acceptors (Lipinski definition) is 6. The molecule has 0 aliphatic rings. The lowest BCUT2D eigenvalue weighted by Gasteiger charge is -2.17. The van der Waals surface area contributed by atoms with Crippen molar-refractivity contribution in [2.45, 2.75) is 45.7 Å². The molecule has 0 radical (unpaired) electrons. The Kier molecular flexibility index (Phi) is 4.60. The van der Waals surface area contributed by atoms with E-state index in [4.69, 9.17) is 0 Å². The van der Waals surface area contributed by atoms with Crippen molar-refractivity contribution in [1.82, 2.24) is 29.9 Å². The second-order valence-corrected chi connectivity index (χ2v) is 5.57. The topological polar surface area (TPSA) is 68.5 Å². The molecular weight excluding hydrogens is 260 g/mol. The first-order valence-electron chi connectivity index (χ1n) is 6.56. The van der Waals surface area contributed by atoms with Crippen molar-refractivity contribution in [1.29, 1.82) is 0 Å². The van der Waals surface area contributed by atoms with Crippen LogP contribution in [0.5, 0.6) is 0 Å². The first kappa shape index (κ1) is 14.1. The van der Waals surface area contributed by atoms with Crippen LogP contribution >= 0.6 is 11.5 Å². The molecule has 0 aliphatic heterocycles. The first-order chi connectivity index (χ1) is 9.19. The van der Waals surface area contributed by atoms with Crippen molar-refractivity contribution in [3.63, 3.8) is 0 Å². The van der Waals surface area contributed by atoms with Crippen LogP contribution in [0.3, 0.4) is 0 Å². The monoisotopic (exact) mass is 280 g/mol. The largest absolute Gasteiger partial charge is 0.307 e. The number of hydrogen-bond donors (Lipinski definition) is 1. The van der Waals surface area contributed by atoms with Crippen LogP contribution in [0.15, 0.2) is 6.20 Å². The Labute approximate surface area is 117 Å². The lowest BCUT2D eigenvalue weighted by Crippen LogP contribution is -2.22. The van der Waals surface area contributed by atoms with Crippen molar-refractivity contribution in [3.05, 3.63) is 22.5 Å². The normalized spacial score (nSPS) is 13.1. The number of rotatable bonds is 6. The predicted octanol–water partition coefficient (Wildman–Crippen LogP) is 1.97. The average molecular weight is 280 g/mol. The van der Waals surface area contributed by atoms with Gasteiger partial charge >= 0.3 is 0 Å². The Morgan fingerprint density at radius 1 is 1.42 bits per heavy atom. The van der Waals surface area contributed by atoms with Crippen LogP contribution in [-0.4, -0.2) is 31.6 Å². The fourth-order valence-corrected chi connectivity index (χ4v) is 3.02. The van der Waals surface area contributed by atoms with Crippen molar-refractivity contribution < 1.29 is 0 Å². The third kappa shape index (κ3) is 2.82. The lowest BCUT2D eigenvalue weighted by atomic mass is 10.0. The van der Waals surface area contributed by atoms with Crippen LogP contribution in [0.2, 0.25) is 0 Å². The molecule has 2 rings (SSSR count). The van der Waals surface area contributed by atoms with Crippen LogP contribution in [-0.2, 0) is 6.54 Å².